The van der Waals surface area contributed by atoms with E-state index in [1.807, 2.05) is 54.6 Å². The number of amides is 1. The third-order valence-electron chi connectivity index (χ3n) is 5.47. The maximum Gasteiger partial charge on any atom is 0.238 e. The van der Waals surface area contributed by atoms with Crippen LogP contribution in [0.3, 0.4) is 0 Å². The van der Waals surface area contributed by atoms with Crippen LogP contribution in [0.25, 0.3) is 0 Å². The summed E-state index contributed by atoms with van der Waals surface area (Å²) in [5, 5.41) is 6.41. The van der Waals surface area contributed by atoms with Crippen LogP contribution in [0.5, 0.6) is 0 Å². The third-order valence-corrected chi connectivity index (χ3v) is 5.47. The van der Waals surface area contributed by atoms with Crippen LogP contribution in [0.1, 0.15) is 24.0 Å². The molecule has 4 nitrogen and oxygen atoms in total. The highest BCUT2D eigenvalue weighted by atomic mass is 16.1. The number of fused-ring (bicyclic) bond motifs is 3. The number of hydrogen-bond acceptors (Lipinski definition) is 3. The van der Waals surface area contributed by atoms with Gasteiger partial charge in [-0.3, -0.25) is 4.79 Å². The van der Waals surface area contributed by atoms with Crippen LogP contribution in [0.2, 0.25) is 0 Å². The van der Waals surface area contributed by atoms with Gasteiger partial charge in [0, 0.05) is 29.4 Å². The van der Waals surface area contributed by atoms with E-state index in [0.29, 0.717) is 12.6 Å². The van der Waals surface area contributed by atoms with E-state index >= 15 is 0 Å². The molecule has 1 amide bonds. The van der Waals surface area contributed by atoms with Gasteiger partial charge in [-0.05, 0) is 68.2 Å². The predicted octanol–water partition coefficient (Wildman–Crippen LogP) is 2.71. The van der Waals surface area contributed by atoms with Crippen LogP contribution in [0, 0.1) is 17.8 Å². The second kappa shape index (κ2) is 8.39. The molecule has 2 aromatic carbocycles. The Labute approximate surface area is 161 Å². The van der Waals surface area contributed by atoms with Gasteiger partial charge in [-0.25, -0.2) is 0 Å². The number of nitrogens with zero attached hydrogens (tertiary/aromatic N) is 1. The number of anilines is 1. The van der Waals surface area contributed by atoms with Gasteiger partial charge in [0.1, 0.15) is 0 Å². The van der Waals surface area contributed by atoms with E-state index in [1.54, 1.807) is 0 Å². The molecular weight excluding hydrogens is 334 g/mol. The first-order chi connectivity index (χ1) is 13.3. The number of nitrogens with one attached hydrogen (secondary N) is 2. The molecule has 3 fully saturated rings. The van der Waals surface area contributed by atoms with Crippen LogP contribution < -0.4 is 10.6 Å². The second-order valence-corrected chi connectivity index (χ2v) is 7.37. The summed E-state index contributed by atoms with van der Waals surface area (Å²) in [5.41, 5.74) is 2.73. The van der Waals surface area contributed by atoms with Crippen molar-refractivity contribution in [1.29, 1.82) is 0 Å². The molecule has 0 aromatic heterocycles. The van der Waals surface area contributed by atoms with Gasteiger partial charge in [0.25, 0.3) is 0 Å². The quantitative estimate of drug-likeness (QED) is 0.825. The molecule has 3 aliphatic rings. The van der Waals surface area contributed by atoms with E-state index < -0.39 is 0 Å². The van der Waals surface area contributed by atoms with Gasteiger partial charge in [0.15, 0.2) is 0 Å². The summed E-state index contributed by atoms with van der Waals surface area (Å²) in [4.78, 5) is 14.7. The Bertz CT molecular complexity index is 827. The number of piperidine rings is 3. The van der Waals surface area contributed by atoms with E-state index in [1.165, 1.54) is 25.9 Å². The van der Waals surface area contributed by atoms with E-state index in [4.69, 9.17) is 0 Å². The average Bonchev–Trinajstić information content (AvgIpc) is 2.73. The number of rotatable bonds is 4. The topological polar surface area (TPSA) is 44.4 Å². The molecule has 0 radical (unpaired) electrons. The first-order valence-corrected chi connectivity index (χ1v) is 9.69. The highest BCUT2D eigenvalue weighted by Gasteiger charge is 2.33. The number of carbonyl (C=O) groups excluding carboxylic acids is 1. The van der Waals surface area contributed by atoms with E-state index in [9.17, 15) is 4.79 Å². The molecule has 4 heteroatoms. The number of hydrogen-bond donors (Lipinski definition) is 2. The zero-order valence-electron chi connectivity index (χ0n) is 15.4. The Hall–Kier alpha value is -2.61. The van der Waals surface area contributed by atoms with Gasteiger partial charge in [-0.2, -0.15) is 0 Å². The molecular formula is C23H25N3O. The molecule has 3 heterocycles. The molecule has 2 aromatic rings. The van der Waals surface area contributed by atoms with Crippen molar-refractivity contribution in [3.05, 3.63) is 65.7 Å². The van der Waals surface area contributed by atoms with Crippen LogP contribution in [0.4, 0.5) is 5.69 Å². The molecule has 2 bridgehead atoms. The third kappa shape index (κ3) is 4.77. The maximum atomic E-state index is 12.2. The number of carbonyl (C=O) groups is 1. The maximum absolute atomic E-state index is 12.2. The Balaban J connectivity index is 1.27. The van der Waals surface area contributed by atoms with Gasteiger partial charge in [0.05, 0.1) is 6.54 Å². The SMILES string of the molecule is O=C(CNC1CN2CCC1CC2)Nc1ccc(C#Cc2ccccc2)cc1. The first-order valence-electron chi connectivity index (χ1n) is 9.69. The lowest BCUT2D eigenvalue weighted by molar-refractivity contribution is -0.115. The first kappa shape index (κ1) is 17.8. The summed E-state index contributed by atoms with van der Waals surface area (Å²) >= 11 is 0. The van der Waals surface area contributed by atoms with Gasteiger partial charge in [-0.1, -0.05) is 30.0 Å². The molecule has 0 spiro atoms. The minimum atomic E-state index is 0.00886. The Morgan fingerprint density at radius 3 is 2.26 bits per heavy atom. The minimum Gasteiger partial charge on any atom is -0.325 e. The summed E-state index contributed by atoms with van der Waals surface area (Å²) in [5.74, 6) is 7.02. The highest BCUT2D eigenvalue weighted by Crippen LogP contribution is 2.27. The summed E-state index contributed by atoms with van der Waals surface area (Å²) < 4.78 is 0. The van der Waals surface area contributed by atoms with Crippen molar-refractivity contribution in [2.24, 2.45) is 5.92 Å². The largest absolute Gasteiger partial charge is 0.325 e. The molecule has 3 saturated heterocycles. The van der Waals surface area contributed by atoms with Crippen LogP contribution >= 0.6 is 0 Å². The van der Waals surface area contributed by atoms with Gasteiger partial charge >= 0.3 is 0 Å². The fraction of sp³-hybridized carbons (Fsp3) is 0.348. The zero-order chi connectivity index (χ0) is 18.5. The minimum absolute atomic E-state index is 0.00886. The van der Waals surface area contributed by atoms with Crippen LogP contribution in [-0.4, -0.2) is 43.0 Å². The smallest absolute Gasteiger partial charge is 0.238 e. The summed E-state index contributed by atoms with van der Waals surface area (Å²) in [6.45, 7) is 3.88. The van der Waals surface area contributed by atoms with Crippen molar-refractivity contribution < 1.29 is 4.79 Å². The van der Waals surface area contributed by atoms with Crippen molar-refractivity contribution in [3.8, 4) is 11.8 Å². The lowest BCUT2D eigenvalue weighted by atomic mass is 9.84. The lowest BCUT2D eigenvalue weighted by Crippen LogP contribution is -2.57. The summed E-state index contributed by atoms with van der Waals surface area (Å²) in [6, 6.07) is 18.1. The number of benzene rings is 2. The zero-order valence-corrected chi connectivity index (χ0v) is 15.4. The molecule has 138 valence electrons. The molecule has 0 saturated carbocycles. The Morgan fingerprint density at radius 2 is 1.63 bits per heavy atom. The summed E-state index contributed by atoms with van der Waals surface area (Å²) in [6.07, 6.45) is 2.51. The molecule has 27 heavy (non-hydrogen) atoms. The second-order valence-electron chi connectivity index (χ2n) is 7.37. The van der Waals surface area contributed by atoms with Gasteiger partial charge < -0.3 is 15.5 Å². The van der Waals surface area contributed by atoms with Crippen molar-refractivity contribution >= 4 is 11.6 Å². The van der Waals surface area contributed by atoms with Gasteiger partial charge in [0.2, 0.25) is 5.91 Å². The van der Waals surface area contributed by atoms with Crippen molar-refractivity contribution in [2.45, 2.75) is 18.9 Å². The van der Waals surface area contributed by atoms with Crippen molar-refractivity contribution in [2.75, 3.05) is 31.5 Å². The average molecular weight is 359 g/mol. The Morgan fingerprint density at radius 1 is 0.963 bits per heavy atom. The van der Waals surface area contributed by atoms with E-state index in [2.05, 4.69) is 27.4 Å². The monoisotopic (exact) mass is 359 g/mol. The molecule has 2 N–H and O–H groups in total. The fourth-order valence-corrected chi connectivity index (χ4v) is 3.93. The molecule has 0 aliphatic carbocycles. The van der Waals surface area contributed by atoms with Gasteiger partial charge in [-0.15, -0.1) is 0 Å². The van der Waals surface area contributed by atoms with E-state index in [0.717, 1.165) is 29.3 Å². The normalized spacial score (nSPS) is 23.3. The fourth-order valence-electron chi connectivity index (χ4n) is 3.93. The standard InChI is InChI=1S/C23H25N3O/c27-23(16-24-22-17-26-14-12-20(22)13-15-26)25-21-10-8-19(9-11-21)7-6-18-4-2-1-3-5-18/h1-5,8-11,20,22,24H,12-17H2,(H,25,27). The lowest BCUT2D eigenvalue weighted by Gasteiger charge is -2.45. The van der Waals surface area contributed by atoms with Crippen molar-refractivity contribution in [3.63, 3.8) is 0 Å². The van der Waals surface area contributed by atoms with Crippen LogP contribution in [-0.2, 0) is 4.79 Å². The molecule has 1 atom stereocenters. The molecule has 5 rings (SSSR count). The molecule has 1 unspecified atom stereocenters. The highest BCUT2D eigenvalue weighted by molar-refractivity contribution is 5.92. The summed E-state index contributed by atoms with van der Waals surface area (Å²) in [7, 11) is 0. The Kier molecular flexibility index (Phi) is 5.53. The van der Waals surface area contributed by atoms with E-state index in [-0.39, 0.29) is 5.91 Å². The predicted molar refractivity (Wildman–Crippen MR) is 108 cm³/mol. The van der Waals surface area contributed by atoms with Crippen molar-refractivity contribution in [1.82, 2.24) is 10.2 Å². The molecule has 3 aliphatic heterocycles. The van der Waals surface area contributed by atoms with Crippen LogP contribution in [0.15, 0.2) is 54.6 Å².